The van der Waals surface area contributed by atoms with Gasteiger partial charge in [-0.1, -0.05) is 67.6 Å². The van der Waals surface area contributed by atoms with E-state index in [1.807, 2.05) is 36.4 Å². The van der Waals surface area contributed by atoms with Crippen molar-refractivity contribution >= 4 is 12.0 Å². The van der Waals surface area contributed by atoms with Gasteiger partial charge in [0.05, 0.1) is 6.61 Å². The molecule has 2 amide bonds. The minimum absolute atomic E-state index is 0.0799. The van der Waals surface area contributed by atoms with E-state index in [0.29, 0.717) is 26.1 Å². The van der Waals surface area contributed by atoms with Crippen LogP contribution in [0.5, 0.6) is 0 Å². The molecular weight excluding hydrogens is 392 g/mol. The van der Waals surface area contributed by atoms with Crippen molar-refractivity contribution in [1.82, 2.24) is 10.2 Å². The number of hydrogen-bond acceptors (Lipinski definition) is 4. The average Bonchev–Trinajstić information content (AvgIpc) is 3.18. The van der Waals surface area contributed by atoms with Crippen molar-refractivity contribution in [2.24, 2.45) is 0 Å². The molecular formula is C25H32N2O4. The van der Waals surface area contributed by atoms with Crippen molar-refractivity contribution < 1.29 is 19.1 Å². The Bertz CT molecular complexity index is 778. The summed E-state index contributed by atoms with van der Waals surface area (Å²) in [5.41, 5.74) is 2.32. The van der Waals surface area contributed by atoms with Crippen LogP contribution in [0.3, 0.4) is 0 Å². The Morgan fingerprint density at radius 1 is 1.06 bits per heavy atom. The van der Waals surface area contributed by atoms with E-state index in [-0.39, 0.29) is 12.5 Å². The van der Waals surface area contributed by atoms with E-state index in [1.165, 1.54) is 5.56 Å². The average molecular weight is 425 g/mol. The second kappa shape index (κ2) is 15.5. The normalized spacial score (nSPS) is 14.5. The smallest absolute Gasteiger partial charge is 0.408 e. The van der Waals surface area contributed by atoms with Crippen LogP contribution < -0.4 is 5.32 Å². The third kappa shape index (κ3) is 9.83. The monoisotopic (exact) mass is 424 g/mol. The number of alkyl carbamates (subject to hydrolysis) is 1. The fourth-order valence-electron chi connectivity index (χ4n) is 2.92. The Kier molecular flexibility index (Phi) is 12.9. The molecule has 6 heteroatoms. The summed E-state index contributed by atoms with van der Waals surface area (Å²) in [4.78, 5) is 25.4. The molecule has 31 heavy (non-hydrogen) atoms. The highest BCUT2D eigenvalue weighted by Crippen LogP contribution is 2.11. The van der Waals surface area contributed by atoms with Gasteiger partial charge in [-0.2, -0.15) is 0 Å². The van der Waals surface area contributed by atoms with Gasteiger partial charge in [0.2, 0.25) is 5.91 Å². The third-order valence-corrected chi connectivity index (χ3v) is 4.62. The predicted molar refractivity (Wildman–Crippen MR) is 122 cm³/mol. The van der Waals surface area contributed by atoms with Gasteiger partial charge in [0.15, 0.2) is 0 Å². The van der Waals surface area contributed by atoms with Gasteiger partial charge >= 0.3 is 6.09 Å². The zero-order chi connectivity index (χ0) is 22.9. The SMILES string of the molecule is C#C.CCc1ccccc1.COCCN1CC[C@H](NC(=O)OCc2ccccc2)C1=O. The highest BCUT2D eigenvalue weighted by atomic mass is 16.5. The Hall–Kier alpha value is -3.30. The predicted octanol–water partition coefficient (Wildman–Crippen LogP) is 3.66. The van der Waals surface area contributed by atoms with Crippen LogP contribution in [0.4, 0.5) is 4.79 Å². The molecule has 1 aliphatic heterocycles. The van der Waals surface area contributed by atoms with Crippen LogP contribution in [0.1, 0.15) is 24.5 Å². The Balaban J connectivity index is 0.000000400. The highest BCUT2D eigenvalue weighted by Gasteiger charge is 2.32. The van der Waals surface area contributed by atoms with Gasteiger partial charge < -0.3 is 19.7 Å². The minimum Gasteiger partial charge on any atom is -0.445 e. The number of hydrogen-bond donors (Lipinski definition) is 1. The van der Waals surface area contributed by atoms with E-state index >= 15 is 0 Å². The molecule has 2 aromatic carbocycles. The first-order valence-corrected chi connectivity index (χ1v) is 10.3. The molecule has 166 valence electrons. The quantitative estimate of drug-likeness (QED) is 0.689. The summed E-state index contributed by atoms with van der Waals surface area (Å²) in [7, 11) is 1.59. The molecule has 1 aliphatic rings. The van der Waals surface area contributed by atoms with Gasteiger partial charge in [-0.15, -0.1) is 12.8 Å². The molecule has 0 radical (unpaired) electrons. The second-order valence-electron chi connectivity index (χ2n) is 6.70. The number of rotatable bonds is 7. The lowest BCUT2D eigenvalue weighted by Crippen LogP contribution is -2.42. The number of terminal acetylenes is 1. The number of ether oxygens (including phenoxy) is 2. The third-order valence-electron chi connectivity index (χ3n) is 4.62. The molecule has 3 rings (SSSR count). The lowest BCUT2D eigenvalue weighted by molar-refractivity contribution is -0.129. The molecule has 2 aromatic rings. The van der Waals surface area contributed by atoms with Gasteiger partial charge in [-0.25, -0.2) is 4.79 Å². The highest BCUT2D eigenvalue weighted by molar-refractivity contribution is 5.87. The van der Waals surface area contributed by atoms with Crippen molar-refractivity contribution in [2.45, 2.75) is 32.4 Å². The summed E-state index contributed by atoms with van der Waals surface area (Å²) >= 11 is 0. The zero-order valence-corrected chi connectivity index (χ0v) is 18.3. The van der Waals surface area contributed by atoms with E-state index in [2.05, 4.69) is 49.4 Å². The molecule has 0 saturated carbocycles. The summed E-state index contributed by atoms with van der Waals surface area (Å²) < 4.78 is 10.1. The molecule has 0 aliphatic carbocycles. The molecule has 0 unspecified atom stereocenters. The lowest BCUT2D eigenvalue weighted by Gasteiger charge is -2.16. The maximum atomic E-state index is 12.0. The first kappa shape index (κ1) is 25.7. The fourth-order valence-corrected chi connectivity index (χ4v) is 2.92. The molecule has 1 fully saturated rings. The molecule has 0 spiro atoms. The summed E-state index contributed by atoms with van der Waals surface area (Å²) in [6, 6.07) is 19.4. The van der Waals surface area contributed by atoms with Gasteiger partial charge in [0.1, 0.15) is 12.6 Å². The molecule has 6 nitrogen and oxygen atoms in total. The van der Waals surface area contributed by atoms with Crippen LogP contribution >= 0.6 is 0 Å². The number of likely N-dealkylation sites (tertiary alicyclic amines) is 1. The maximum absolute atomic E-state index is 12.0. The van der Waals surface area contributed by atoms with Gasteiger partial charge in [0.25, 0.3) is 0 Å². The van der Waals surface area contributed by atoms with E-state index in [1.54, 1.807) is 12.0 Å². The summed E-state index contributed by atoms with van der Waals surface area (Å²) in [5, 5.41) is 2.61. The molecule has 1 atom stereocenters. The van der Waals surface area contributed by atoms with Gasteiger partial charge in [-0.3, -0.25) is 4.79 Å². The topological polar surface area (TPSA) is 67.9 Å². The molecule has 0 bridgehead atoms. The maximum Gasteiger partial charge on any atom is 0.408 e. The van der Waals surface area contributed by atoms with Gasteiger partial charge in [-0.05, 0) is 24.0 Å². The first-order chi connectivity index (χ1) is 15.1. The first-order valence-electron chi connectivity index (χ1n) is 10.3. The largest absolute Gasteiger partial charge is 0.445 e. The number of nitrogens with zero attached hydrogens (tertiary/aromatic N) is 1. The van der Waals surface area contributed by atoms with Crippen LogP contribution in [0.15, 0.2) is 60.7 Å². The van der Waals surface area contributed by atoms with E-state index in [4.69, 9.17) is 9.47 Å². The Morgan fingerprint density at radius 3 is 2.16 bits per heavy atom. The lowest BCUT2D eigenvalue weighted by atomic mass is 10.2. The zero-order valence-electron chi connectivity index (χ0n) is 18.3. The van der Waals surface area contributed by atoms with Crippen LogP contribution in [-0.2, 0) is 27.3 Å². The number of carbonyl (C=O) groups excluding carboxylic acids is 2. The van der Waals surface area contributed by atoms with Crippen molar-refractivity contribution in [3.05, 3.63) is 71.8 Å². The molecule has 1 N–H and O–H groups in total. The fraction of sp³-hybridized carbons (Fsp3) is 0.360. The number of carbonyl (C=O) groups is 2. The molecule has 1 saturated heterocycles. The minimum atomic E-state index is -0.564. The standard InChI is InChI=1S/C15H20N2O4.C8H10.C2H2/c1-20-10-9-17-8-7-13(14(17)18)16-15(19)21-11-12-5-3-2-4-6-12;1-2-8-6-4-3-5-7-8;1-2/h2-6,13H,7-11H2,1H3,(H,16,19);3-7H,2H2,1H3;1-2H/t13-;;/m0../s1. The van der Waals surface area contributed by atoms with Crippen LogP contribution in [0, 0.1) is 12.8 Å². The molecule has 0 aromatic heterocycles. The number of aryl methyl sites for hydroxylation is 1. The summed E-state index contributed by atoms with van der Waals surface area (Å²) in [6.45, 7) is 4.03. The van der Waals surface area contributed by atoms with Crippen LogP contribution in [-0.4, -0.2) is 49.7 Å². The Morgan fingerprint density at radius 2 is 1.65 bits per heavy atom. The molecule has 1 heterocycles. The second-order valence-corrected chi connectivity index (χ2v) is 6.70. The van der Waals surface area contributed by atoms with E-state index in [9.17, 15) is 9.59 Å². The summed E-state index contributed by atoms with van der Waals surface area (Å²) in [6.07, 6.45) is 9.18. The van der Waals surface area contributed by atoms with E-state index in [0.717, 1.165) is 12.0 Å². The Labute approximate surface area is 185 Å². The van der Waals surface area contributed by atoms with Crippen LogP contribution in [0.2, 0.25) is 0 Å². The number of amides is 2. The van der Waals surface area contributed by atoms with Crippen molar-refractivity contribution in [2.75, 3.05) is 26.8 Å². The number of methoxy groups -OCH3 is 1. The van der Waals surface area contributed by atoms with Crippen molar-refractivity contribution in [1.29, 1.82) is 0 Å². The van der Waals surface area contributed by atoms with Crippen LogP contribution in [0.25, 0.3) is 0 Å². The number of benzene rings is 2. The number of nitrogens with one attached hydrogen (secondary N) is 1. The van der Waals surface area contributed by atoms with Crippen molar-refractivity contribution in [3.8, 4) is 12.8 Å². The van der Waals surface area contributed by atoms with Crippen molar-refractivity contribution in [3.63, 3.8) is 0 Å². The van der Waals surface area contributed by atoms with Gasteiger partial charge in [0, 0.05) is 20.2 Å². The van der Waals surface area contributed by atoms with E-state index < -0.39 is 12.1 Å². The summed E-state index contributed by atoms with van der Waals surface area (Å²) in [5.74, 6) is -0.0799.